The quantitative estimate of drug-likeness (QED) is 0.708. The fraction of sp³-hybridized carbons (Fsp3) is 0.300. The topological polar surface area (TPSA) is 54.0 Å². The average Bonchev–Trinajstić information content (AvgIpc) is 3.25. The fourth-order valence-corrected chi connectivity index (χ4v) is 4.29. The number of carbonyl (C=O) groups is 1. The number of amides is 1. The lowest BCUT2D eigenvalue weighted by Crippen LogP contribution is -2.18. The van der Waals surface area contributed by atoms with E-state index in [4.69, 9.17) is 0 Å². The zero-order valence-electron chi connectivity index (χ0n) is 14.7. The van der Waals surface area contributed by atoms with Gasteiger partial charge in [0.05, 0.1) is 10.2 Å². The Kier molecular flexibility index (Phi) is 4.46. The van der Waals surface area contributed by atoms with E-state index in [0.717, 1.165) is 34.3 Å². The Morgan fingerprint density at radius 2 is 2.19 bits per heavy atom. The highest BCUT2D eigenvalue weighted by molar-refractivity contribution is 7.22. The van der Waals surface area contributed by atoms with E-state index in [1.165, 1.54) is 17.4 Å². The van der Waals surface area contributed by atoms with Crippen LogP contribution in [0.25, 0.3) is 21.3 Å². The molecule has 0 spiro atoms. The van der Waals surface area contributed by atoms with Gasteiger partial charge in [-0.1, -0.05) is 29.5 Å². The molecule has 1 fully saturated rings. The van der Waals surface area contributed by atoms with E-state index in [1.54, 1.807) is 6.07 Å². The van der Waals surface area contributed by atoms with Crippen LogP contribution in [0.3, 0.4) is 0 Å². The van der Waals surface area contributed by atoms with Crippen molar-refractivity contribution in [2.75, 3.05) is 18.9 Å². The van der Waals surface area contributed by atoms with Gasteiger partial charge in [0.2, 0.25) is 5.91 Å². The van der Waals surface area contributed by atoms with Crippen molar-refractivity contribution >= 4 is 32.6 Å². The minimum atomic E-state index is -0.230. The first-order valence-electron chi connectivity index (χ1n) is 8.68. The number of nitrogens with one attached hydrogen (secondary N) is 2. The number of thiazole rings is 1. The number of halogens is 1. The molecule has 2 aromatic carbocycles. The molecular weight excluding hydrogens is 349 g/mol. The summed E-state index contributed by atoms with van der Waals surface area (Å²) in [6.07, 6.45) is 0.925. The maximum Gasteiger partial charge on any atom is 0.229 e. The van der Waals surface area contributed by atoms with Crippen LogP contribution in [0.1, 0.15) is 12.0 Å². The summed E-state index contributed by atoms with van der Waals surface area (Å²) >= 11 is 1.42. The van der Waals surface area contributed by atoms with Crippen molar-refractivity contribution in [1.29, 1.82) is 0 Å². The molecule has 0 saturated heterocycles. The van der Waals surface area contributed by atoms with Gasteiger partial charge in [0.15, 0.2) is 5.13 Å². The SMILES string of the molecule is CNCC1C[C@@H]1C(=O)Nc1nc2ccc(-c3c(C)cccc3F)cc2s1. The van der Waals surface area contributed by atoms with E-state index in [0.29, 0.717) is 16.6 Å². The summed E-state index contributed by atoms with van der Waals surface area (Å²) in [6.45, 7) is 2.77. The third-order valence-electron chi connectivity index (χ3n) is 4.85. The minimum absolute atomic E-state index is 0.0366. The highest BCUT2D eigenvalue weighted by atomic mass is 32.1. The Bertz CT molecular complexity index is 964. The van der Waals surface area contributed by atoms with Crippen LogP contribution in [0.2, 0.25) is 0 Å². The lowest BCUT2D eigenvalue weighted by Gasteiger charge is -2.07. The molecule has 2 N–H and O–H groups in total. The molecule has 6 heteroatoms. The Balaban J connectivity index is 1.58. The van der Waals surface area contributed by atoms with Crippen LogP contribution >= 0.6 is 11.3 Å². The molecule has 0 aliphatic heterocycles. The molecular formula is C20H20FN3OS. The van der Waals surface area contributed by atoms with Crippen LogP contribution in [0, 0.1) is 24.6 Å². The fourth-order valence-electron chi connectivity index (χ4n) is 3.39. The van der Waals surface area contributed by atoms with E-state index in [9.17, 15) is 9.18 Å². The van der Waals surface area contributed by atoms with Gasteiger partial charge in [-0.05, 0) is 62.2 Å². The third-order valence-corrected chi connectivity index (χ3v) is 5.79. The van der Waals surface area contributed by atoms with Gasteiger partial charge < -0.3 is 10.6 Å². The first-order valence-corrected chi connectivity index (χ1v) is 9.50. The van der Waals surface area contributed by atoms with Crippen molar-refractivity contribution in [1.82, 2.24) is 10.3 Å². The summed E-state index contributed by atoms with van der Waals surface area (Å²) in [5.74, 6) is 0.303. The molecule has 1 heterocycles. The minimum Gasteiger partial charge on any atom is -0.319 e. The van der Waals surface area contributed by atoms with E-state index in [2.05, 4.69) is 15.6 Å². The second-order valence-corrected chi connectivity index (χ2v) is 7.81. The number of anilines is 1. The second-order valence-electron chi connectivity index (χ2n) is 6.78. The van der Waals surface area contributed by atoms with Crippen molar-refractivity contribution in [3.63, 3.8) is 0 Å². The predicted molar refractivity (Wildman–Crippen MR) is 104 cm³/mol. The lowest BCUT2D eigenvalue weighted by atomic mass is 10.00. The molecule has 1 unspecified atom stereocenters. The van der Waals surface area contributed by atoms with Crippen molar-refractivity contribution in [2.45, 2.75) is 13.3 Å². The number of fused-ring (bicyclic) bond motifs is 1. The molecule has 3 aromatic rings. The van der Waals surface area contributed by atoms with E-state index in [-0.39, 0.29) is 17.6 Å². The van der Waals surface area contributed by atoms with Gasteiger partial charge in [-0.2, -0.15) is 0 Å². The number of hydrogen-bond acceptors (Lipinski definition) is 4. The number of carbonyl (C=O) groups excluding carboxylic acids is 1. The first-order chi connectivity index (χ1) is 12.6. The average molecular weight is 369 g/mol. The van der Waals surface area contributed by atoms with Crippen LogP contribution in [0.5, 0.6) is 0 Å². The Morgan fingerprint density at radius 1 is 1.35 bits per heavy atom. The smallest absolute Gasteiger partial charge is 0.229 e. The molecule has 1 saturated carbocycles. The summed E-state index contributed by atoms with van der Waals surface area (Å²) in [5.41, 5.74) is 3.14. The van der Waals surface area contributed by atoms with E-state index < -0.39 is 0 Å². The summed E-state index contributed by atoms with van der Waals surface area (Å²) in [5, 5.41) is 6.64. The number of nitrogens with zero attached hydrogens (tertiary/aromatic N) is 1. The molecule has 1 amide bonds. The predicted octanol–water partition coefficient (Wildman–Crippen LogP) is 4.20. The zero-order valence-corrected chi connectivity index (χ0v) is 15.5. The number of hydrogen-bond donors (Lipinski definition) is 2. The van der Waals surface area contributed by atoms with Crippen molar-refractivity contribution in [3.05, 3.63) is 47.8 Å². The summed E-state index contributed by atoms with van der Waals surface area (Å²) in [4.78, 5) is 16.8. The summed E-state index contributed by atoms with van der Waals surface area (Å²) < 4.78 is 15.2. The van der Waals surface area contributed by atoms with Crippen molar-refractivity contribution in [3.8, 4) is 11.1 Å². The van der Waals surface area contributed by atoms with Crippen LogP contribution in [0.4, 0.5) is 9.52 Å². The highest BCUT2D eigenvalue weighted by Crippen LogP contribution is 2.39. The van der Waals surface area contributed by atoms with Crippen LogP contribution < -0.4 is 10.6 Å². The molecule has 1 aliphatic rings. The zero-order chi connectivity index (χ0) is 18.3. The Labute approximate surface area is 155 Å². The summed E-state index contributed by atoms with van der Waals surface area (Å²) in [6, 6.07) is 10.8. The Hall–Kier alpha value is -2.31. The van der Waals surface area contributed by atoms with Gasteiger partial charge >= 0.3 is 0 Å². The number of aromatic nitrogens is 1. The molecule has 0 bridgehead atoms. The first kappa shape index (κ1) is 17.1. The number of benzene rings is 2. The molecule has 4 nitrogen and oxygen atoms in total. The van der Waals surface area contributed by atoms with E-state index in [1.807, 2.05) is 38.2 Å². The van der Waals surface area contributed by atoms with Gasteiger partial charge in [0, 0.05) is 11.5 Å². The van der Waals surface area contributed by atoms with Gasteiger partial charge in [0.25, 0.3) is 0 Å². The number of rotatable bonds is 5. The normalized spacial score (nSPS) is 18.9. The van der Waals surface area contributed by atoms with Crippen LogP contribution in [-0.2, 0) is 4.79 Å². The van der Waals surface area contributed by atoms with Crippen molar-refractivity contribution < 1.29 is 9.18 Å². The molecule has 26 heavy (non-hydrogen) atoms. The van der Waals surface area contributed by atoms with Gasteiger partial charge in [0.1, 0.15) is 5.82 Å². The number of aryl methyl sites for hydroxylation is 1. The maximum atomic E-state index is 14.2. The van der Waals surface area contributed by atoms with Crippen molar-refractivity contribution in [2.24, 2.45) is 11.8 Å². The molecule has 2 atom stereocenters. The molecule has 1 aliphatic carbocycles. The molecule has 4 rings (SSSR count). The third kappa shape index (κ3) is 3.22. The monoisotopic (exact) mass is 369 g/mol. The standard InChI is InChI=1S/C20H20FN3OS/c1-11-4-3-5-15(21)18(11)12-6-7-16-17(9-12)26-20(23-16)24-19(25)14-8-13(14)10-22-2/h3-7,9,13-14,22H,8,10H2,1-2H3,(H,23,24,25)/t13?,14-/m0/s1. The van der Waals surface area contributed by atoms with Crippen LogP contribution in [0.15, 0.2) is 36.4 Å². The van der Waals surface area contributed by atoms with Gasteiger partial charge in [-0.15, -0.1) is 0 Å². The van der Waals surface area contributed by atoms with Crippen LogP contribution in [-0.4, -0.2) is 24.5 Å². The maximum absolute atomic E-state index is 14.2. The van der Waals surface area contributed by atoms with Gasteiger partial charge in [-0.25, -0.2) is 9.37 Å². The van der Waals surface area contributed by atoms with Gasteiger partial charge in [-0.3, -0.25) is 4.79 Å². The lowest BCUT2D eigenvalue weighted by molar-refractivity contribution is -0.117. The summed E-state index contributed by atoms with van der Waals surface area (Å²) in [7, 11) is 1.90. The molecule has 0 radical (unpaired) electrons. The molecule has 134 valence electrons. The largest absolute Gasteiger partial charge is 0.319 e. The second kappa shape index (κ2) is 6.78. The highest BCUT2D eigenvalue weighted by Gasteiger charge is 2.42. The molecule has 1 aromatic heterocycles. The van der Waals surface area contributed by atoms with E-state index >= 15 is 0 Å². The Morgan fingerprint density at radius 3 is 2.96 bits per heavy atom.